The van der Waals surface area contributed by atoms with Crippen molar-refractivity contribution in [3.63, 3.8) is 0 Å². The summed E-state index contributed by atoms with van der Waals surface area (Å²) in [6.07, 6.45) is 0.859. The van der Waals surface area contributed by atoms with Crippen molar-refractivity contribution in [3.8, 4) is 0 Å². The SMILES string of the molecule is CC[C@H](C)NC(=O)[C@@H](Cc1ccccc1)N(Cc1c(Cl)cccc1Cl)C(=O)CN(c1cccc(Br)c1)S(=O)(=O)c1ccc(C)cc1. The number of amides is 2. The van der Waals surface area contributed by atoms with Crippen LogP contribution in [0.15, 0.2) is 106 Å². The Bertz CT molecular complexity index is 1750. The second kappa shape index (κ2) is 16.0. The van der Waals surface area contributed by atoms with Gasteiger partial charge in [-0.2, -0.15) is 0 Å². The number of anilines is 1. The van der Waals surface area contributed by atoms with E-state index in [1.807, 2.05) is 51.1 Å². The van der Waals surface area contributed by atoms with Gasteiger partial charge in [-0.15, -0.1) is 0 Å². The summed E-state index contributed by atoms with van der Waals surface area (Å²) in [4.78, 5) is 30.0. The van der Waals surface area contributed by atoms with Crippen molar-refractivity contribution in [2.75, 3.05) is 10.8 Å². The maximum Gasteiger partial charge on any atom is 0.264 e. The Morgan fingerprint density at radius 2 is 1.52 bits per heavy atom. The standard InChI is InChI=1S/C35H36BrCl2N3O4S/c1-4-25(3)39-35(43)33(20-26-10-6-5-7-11-26)40(22-30-31(37)14-9-15-32(30)38)34(42)23-41(28-13-8-12-27(36)21-28)46(44,45)29-18-16-24(2)17-19-29/h5-19,21,25,33H,4,20,22-23H2,1-3H3,(H,39,43)/t25-,33+/m0/s1. The van der Waals surface area contributed by atoms with Gasteiger partial charge in [0.1, 0.15) is 12.6 Å². The average molecular weight is 746 g/mol. The molecule has 4 aromatic carbocycles. The second-order valence-electron chi connectivity index (χ2n) is 11.0. The summed E-state index contributed by atoms with van der Waals surface area (Å²) in [6.45, 7) is 4.99. The van der Waals surface area contributed by atoms with Gasteiger partial charge in [-0.05, 0) is 68.3 Å². The lowest BCUT2D eigenvalue weighted by molar-refractivity contribution is -0.140. The van der Waals surface area contributed by atoms with E-state index in [1.54, 1.807) is 54.6 Å². The molecule has 0 aliphatic heterocycles. The minimum absolute atomic E-state index is 0.0296. The Balaban J connectivity index is 1.84. The van der Waals surface area contributed by atoms with E-state index in [-0.39, 0.29) is 35.5 Å². The van der Waals surface area contributed by atoms with Crippen LogP contribution in [0.2, 0.25) is 10.0 Å². The van der Waals surface area contributed by atoms with E-state index in [4.69, 9.17) is 23.2 Å². The van der Waals surface area contributed by atoms with Crippen molar-refractivity contribution >= 4 is 66.7 Å². The van der Waals surface area contributed by atoms with Gasteiger partial charge in [0.05, 0.1) is 10.6 Å². The van der Waals surface area contributed by atoms with Crippen LogP contribution in [-0.2, 0) is 32.6 Å². The fourth-order valence-corrected chi connectivity index (χ4v) is 7.16. The summed E-state index contributed by atoms with van der Waals surface area (Å²) in [5.74, 6) is -0.975. The highest BCUT2D eigenvalue weighted by atomic mass is 79.9. The summed E-state index contributed by atoms with van der Waals surface area (Å²) in [6, 6.07) is 26.3. The number of nitrogens with one attached hydrogen (secondary N) is 1. The van der Waals surface area contributed by atoms with Gasteiger partial charge in [0.25, 0.3) is 10.0 Å². The average Bonchev–Trinajstić information content (AvgIpc) is 3.03. The molecule has 0 heterocycles. The summed E-state index contributed by atoms with van der Waals surface area (Å²) in [7, 11) is -4.22. The molecule has 7 nitrogen and oxygen atoms in total. The molecule has 0 saturated heterocycles. The van der Waals surface area contributed by atoms with Gasteiger partial charge < -0.3 is 10.2 Å². The molecule has 0 aromatic heterocycles. The largest absolute Gasteiger partial charge is 0.352 e. The number of carbonyl (C=O) groups excluding carboxylic acids is 2. The molecule has 0 unspecified atom stereocenters. The lowest BCUT2D eigenvalue weighted by atomic mass is 10.0. The predicted octanol–water partition coefficient (Wildman–Crippen LogP) is 7.81. The quantitative estimate of drug-likeness (QED) is 0.151. The normalized spacial score (nSPS) is 12.7. The molecule has 0 spiro atoms. The second-order valence-corrected chi connectivity index (χ2v) is 14.6. The highest BCUT2D eigenvalue weighted by molar-refractivity contribution is 9.10. The summed E-state index contributed by atoms with van der Waals surface area (Å²) < 4.78 is 30.1. The van der Waals surface area contributed by atoms with Crippen molar-refractivity contribution in [3.05, 3.63) is 128 Å². The molecule has 242 valence electrons. The van der Waals surface area contributed by atoms with E-state index >= 15 is 0 Å². The minimum Gasteiger partial charge on any atom is -0.352 e. The Morgan fingerprint density at radius 3 is 2.13 bits per heavy atom. The highest BCUT2D eigenvalue weighted by Gasteiger charge is 2.35. The van der Waals surface area contributed by atoms with Gasteiger partial charge in [0.2, 0.25) is 11.8 Å². The zero-order valence-electron chi connectivity index (χ0n) is 25.8. The Morgan fingerprint density at radius 1 is 0.891 bits per heavy atom. The maximum atomic E-state index is 14.6. The van der Waals surface area contributed by atoms with Crippen LogP contribution in [0.4, 0.5) is 5.69 Å². The zero-order chi connectivity index (χ0) is 33.4. The first-order chi connectivity index (χ1) is 21.9. The number of sulfonamides is 1. The third kappa shape index (κ3) is 8.91. The van der Waals surface area contributed by atoms with E-state index in [2.05, 4.69) is 21.2 Å². The Kier molecular flexibility index (Phi) is 12.3. The molecule has 2 amide bonds. The van der Waals surface area contributed by atoms with Gasteiger partial charge in [0, 0.05) is 39.1 Å². The Labute approximate surface area is 289 Å². The predicted molar refractivity (Wildman–Crippen MR) is 189 cm³/mol. The van der Waals surface area contributed by atoms with Gasteiger partial charge in [0.15, 0.2) is 0 Å². The number of hydrogen-bond donors (Lipinski definition) is 1. The number of halogens is 3. The van der Waals surface area contributed by atoms with Crippen LogP contribution >= 0.6 is 39.1 Å². The third-order valence-corrected chi connectivity index (χ3v) is 10.6. The van der Waals surface area contributed by atoms with Gasteiger partial charge >= 0.3 is 0 Å². The van der Waals surface area contributed by atoms with E-state index in [9.17, 15) is 18.0 Å². The van der Waals surface area contributed by atoms with E-state index < -0.39 is 28.5 Å². The fraction of sp³-hybridized carbons (Fsp3) is 0.257. The first-order valence-corrected chi connectivity index (χ1v) is 17.8. The molecule has 0 radical (unpaired) electrons. The number of nitrogens with zero attached hydrogens (tertiary/aromatic N) is 2. The van der Waals surface area contributed by atoms with Crippen LogP contribution in [0.5, 0.6) is 0 Å². The molecule has 46 heavy (non-hydrogen) atoms. The van der Waals surface area contributed by atoms with Gasteiger partial charge in [-0.1, -0.05) is 106 Å². The molecule has 4 aromatic rings. The smallest absolute Gasteiger partial charge is 0.264 e. The summed E-state index contributed by atoms with van der Waals surface area (Å²) in [5, 5.41) is 3.66. The highest BCUT2D eigenvalue weighted by Crippen LogP contribution is 2.30. The monoisotopic (exact) mass is 743 g/mol. The lowest BCUT2D eigenvalue weighted by Gasteiger charge is -2.34. The molecular formula is C35H36BrCl2N3O4S. The topological polar surface area (TPSA) is 86.8 Å². The lowest BCUT2D eigenvalue weighted by Crippen LogP contribution is -2.54. The first kappa shape index (κ1) is 35.5. The molecule has 0 saturated carbocycles. The van der Waals surface area contributed by atoms with Gasteiger partial charge in [-0.3, -0.25) is 13.9 Å². The van der Waals surface area contributed by atoms with Crippen molar-refractivity contribution in [1.82, 2.24) is 10.2 Å². The van der Waals surface area contributed by atoms with Crippen molar-refractivity contribution in [1.29, 1.82) is 0 Å². The van der Waals surface area contributed by atoms with Crippen molar-refractivity contribution in [2.45, 2.75) is 57.1 Å². The summed E-state index contributed by atoms with van der Waals surface area (Å²) >= 11 is 16.6. The van der Waals surface area contributed by atoms with E-state index in [0.717, 1.165) is 15.4 Å². The number of aryl methyl sites for hydroxylation is 1. The molecular weight excluding hydrogens is 709 g/mol. The fourth-order valence-electron chi connectivity index (χ4n) is 4.85. The van der Waals surface area contributed by atoms with E-state index in [1.165, 1.54) is 17.0 Å². The zero-order valence-corrected chi connectivity index (χ0v) is 29.7. The summed E-state index contributed by atoms with van der Waals surface area (Å²) in [5.41, 5.74) is 2.44. The van der Waals surface area contributed by atoms with Crippen LogP contribution in [0.25, 0.3) is 0 Å². The number of benzene rings is 4. The molecule has 4 rings (SSSR count). The molecule has 0 fully saturated rings. The number of carbonyl (C=O) groups is 2. The van der Waals surface area contributed by atoms with Crippen LogP contribution < -0.4 is 9.62 Å². The third-order valence-electron chi connectivity index (χ3n) is 7.65. The van der Waals surface area contributed by atoms with Gasteiger partial charge in [-0.25, -0.2) is 8.42 Å². The molecule has 0 aliphatic carbocycles. The maximum absolute atomic E-state index is 14.6. The van der Waals surface area contributed by atoms with E-state index in [0.29, 0.717) is 26.5 Å². The molecule has 0 bridgehead atoms. The van der Waals surface area contributed by atoms with Crippen LogP contribution in [0, 0.1) is 6.92 Å². The van der Waals surface area contributed by atoms with Crippen LogP contribution in [0.3, 0.4) is 0 Å². The minimum atomic E-state index is -4.22. The number of hydrogen-bond acceptors (Lipinski definition) is 4. The first-order valence-electron chi connectivity index (χ1n) is 14.8. The van der Waals surface area contributed by atoms with Crippen molar-refractivity contribution < 1.29 is 18.0 Å². The van der Waals surface area contributed by atoms with Crippen molar-refractivity contribution in [2.24, 2.45) is 0 Å². The van der Waals surface area contributed by atoms with Crippen LogP contribution in [0.1, 0.15) is 37.0 Å². The molecule has 0 aliphatic rings. The molecule has 1 N–H and O–H groups in total. The van der Waals surface area contributed by atoms with Crippen LogP contribution in [-0.4, -0.2) is 43.8 Å². The molecule has 11 heteroatoms. The number of rotatable bonds is 13. The Hall–Kier alpha value is -3.37. The molecule has 2 atom stereocenters.